The topological polar surface area (TPSA) is 55.1 Å². The van der Waals surface area contributed by atoms with Crippen LogP contribution in [-0.2, 0) is 4.79 Å². The molecule has 1 aromatic carbocycles. The molecule has 18 heavy (non-hydrogen) atoms. The fraction of sp³-hybridized carbons (Fsp3) is 0.429. The summed E-state index contributed by atoms with van der Waals surface area (Å²) in [5.41, 5.74) is 8.74. The molecule has 0 aliphatic heterocycles. The molecule has 3 nitrogen and oxygen atoms in total. The number of benzene rings is 1. The van der Waals surface area contributed by atoms with Crippen molar-refractivity contribution in [1.82, 2.24) is 0 Å². The molecule has 0 heterocycles. The Labute approximate surface area is 114 Å². The van der Waals surface area contributed by atoms with Gasteiger partial charge in [-0.3, -0.25) is 4.79 Å². The van der Waals surface area contributed by atoms with Gasteiger partial charge in [-0.15, -0.1) is 0 Å². The van der Waals surface area contributed by atoms with Gasteiger partial charge in [0.15, 0.2) is 0 Å². The third-order valence-corrected chi connectivity index (χ3v) is 3.28. The van der Waals surface area contributed by atoms with E-state index in [-0.39, 0.29) is 16.8 Å². The molecule has 1 amide bonds. The Bertz CT molecular complexity index is 469. The molecule has 1 unspecified atom stereocenters. The summed E-state index contributed by atoms with van der Waals surface area (Å²) in [6.07, 6.45) is 0. The van der Waals surface area contributed by atoms with Crippen molar-refractivity contribution in [2.75, 3.05) is 5.32 Å². The molecule has 0 bridgehead atoms. The molecule has 0 fully saturated rings. The van der Waals surface area contributed by atoms with Crippen molar-refractivity contribution in [3.05, 3.63) is 29.3 Å². The normalized spacial score (nSPS) is 12.3. The molecule has 0 radical (unpaired) electrons. The number of hydrogen-bond donors (Lipinski definition) is 2. The summed E-state index contributed by atoms with van der Waals surface area (Å²) in [4.78, 5) is 12.4. The first-order chi connectivity index (χ1) is 8.32. The van der Waals surface area contributed by atoms with Crippen molar-refractivity contribution < 1.29 is 4.79 Å². The van der Waals surface area contributed by atoms with Gasteiger partial charge in [0.25, 0.3) is 0 Å². The minimum absolute atomic E-state index is 0.0917. The molecule has 4 heteroatoms. The second-order valence-electron chi connectivity index (χ2n) is 4.91. The molecule has 0 aliphatic rings. The molecule has 3 N–H and O–H groups in total. The molecule has 0 aliphatic carbocycles. The van der Waals surface area contributed by atoms with Crippen LogP contribution in [0.2, 0.25) is 0 Å². The predicted molar refractivity (Wildman–Crippen MR) is 79.7 cm³/mol. The van der Waals surface area contributed by atoms with E-state index < -0.39 is 5.92 Å². The molecule has 1 aromatic rings. The van der Waals surface area contributed by atoms with Crippen LogP contribution in [0.3, 0.4) is 0 Å². The van der Waals surface area contributed by atoms with E-state index in [1.165, 1.54) is 5.56 Å². The van der Waals surface area contributed by atoms with Gasteiger partial charge in [0.05, 0.1) is 10.9 Å². The number of aryl methyl sites for hydroxylation is 2. The molecule has 1 atom stereocenters. The summed E-state index contributed by atoms with van der Waals surface area (Å²) in [6, 6.07) is 5.82. The van der Waals surface area contributed by atoms with Gasteiger partial charge in [0.2, 0.25) is 5.91 Å². The number of rotatable bonds is 4. The first kappa shape index (κ1) is 14.6. The fourth-order valence-electron chi connectivity index (χ4n) is 1.80. The number of thiocarbonyl (C=S) groups is 1. The van der Waals surface area contributed by atoms with E-state index >= 15 is 0 Å². The second-order valence-corrected chi connectivity index (χ2v) is 5.38. The van der Waals surface area contributed by atoms with Gasteiger partial charge in [-0.05, 0) is 43.0 Å². The summed E-state index contributed by atoms with van der Waals surface area (Å²) >= 11 is 4.95. The molecule has 98 valence electrons. The van der Waals surface area contributed by atoms with Crippen LogP contribution in [0, 0.1) is 25.7 Å². The Morgan fingerprint density at radius 1 is 1.28 bits per heavy atom. The largest absolute Gasteiger partial charge is 0.393 e. The van der Waals surface area contributed by atoms with Crippen molar-refractivity contribution in [3.63, 3.8) is 0 Å². The Morgan fingerprint density at radius 3 is 2.33 bits per heavy atom. The third-order valence-electron chi connectivity index (χ3n) is 3.03. The van der Waals surface area contributed by atoms with Gasteiger partial charge in [-0.1, -0.05) is 32.1 Å². The van der Waals surface area contributed by atoms with Gasteiger partial charge in [-0.2, -0.15) is 0 Å². The van der Waals surface area contributed by atoms with Gasteiger partial charge in [0, 0.05) is 5.69 Å². The standard InChI is InChI=1S/C14H20N2OS/c1-8(2)12(13(15)18)14(17)16-11-6-5-9(3)10(4)7-11/h5-8,12H,1-4H3,(H2,15,18)(H,16,17). The van der Waals surface area contributed by atoms with Crippen LogP contribution in [0.5, 0.6) is 0 Å². The first-order valence-electron chi connectivity index (χ1n) is 6.00. The summed E-state index contributed by atoms with van der Waals surface area (Å²) < 4.78 is 0. The third kappa shape index (κ3) is 3.53. The Morgan fingerprint density at radius 2 is 1.89 bits per heavy atom. The van der Waals surface area contributed by atoms with E-state index in [0.717, 1.165) is 11.3 Å². The zero-order valence-corrected chi connectivity index (χ0v) is 12.1. The van der Waals surface area contributed by atoms with Crippen molar-refractivity contribution >= 4 is 28.8 Å². The van der Waals surface area contributed by atoms with Crippen LogP contribution in [0.25, 0.3) is 0 Å². The maximum Gasteiger partial charge on any atom is 0.234 e. The fourth-order valence-corrected chi connectivity index (χ4v) is 2.18. The van der Waals surface area contributed by atoms with Crippen molar-refractivity contribution in [2.24, 2.45) is 17.6 Å². The van der Waals surface area contributed by atoms with Crippen LogP contribution in [0.15, 0.2) is 18.2 Å². The van der Waals surface area contributed by atoms with Crippen molar-refractivity contribution in [3.8, 4) is 0 Å². The lowest BCUT2D eigenvalue weighted by Crippen LogP contribution is -2.36. The van der Waals surface area contributed by atoms with Crippen LogP contribution in [0.1, 0.15) is 25.0 Å². The Balaban J connectivity index is 2.86. The molecule has 1 rings (SSSR count). The highest BCUT2D eigenvalue weighted by molar-refractivity contribution is 7.80. The van der Waals surface area contributed by atoms with E-state index in [1.54, 1.807) is 0 Å². The monoisotopic (exact) mass is 264 g/mol. The highest BCUT2D eigenvalue weighted by atomic mass is 32.1. The van der Waals surface area contributed by atoms with Gasteiger partial charge >= 0.3 is 0 Å². The summed E-state index contributed by atoms with van der Waals surface area (Å²) in [7, 11) is 0. The summed E-state index contributed by atoms with van der Waals surface area (Å²) in [5.74, 6) is -0.476. The maximum atomic E-state index is 12.1. The highest BCUT2D eigenvalue weighted by Gasteiger charge is 2.24. The Kier molecular flexibility index (Phi) is 4.84. The minimum atomic E-state index is -0.429. The van der Waals surface area contributed by atoms with Crippen molar-refractivity contribution in [1.29, 1.82) is 0 Å². The lowest BCUT2D eigenvalue weighted by molar-refractivity contribution is -0.118. The molecule has 0 spiro atoms. The first-order valence-corrected chi connectivity index (χ1v) is 6.41. The van der Waals surface area contributed by atoms with Crippen LogP contribution in [-0.4, -0.2) is 10.9 Å². The average Bonchev–Trinajstić information content (AvgIpc) is 2.22. The number of amides is 1. The van der Waals surface area contributed by atoms with Crippen LogP contribution in [0.4, 0.5) is 5.69 Å². The molecule has 0 saturated heterocycles. The smallest absolute Gasteiger partial charge is 0.234 e. The SMILES string of the molecule is Cc1ccc(NC(=O)C(C(N)=S)C(C)C)cc1C. The van der Waals surface area contributed by atoms with Crippen LogP contribution >= 0.6 is 12.2 Å². The zero-order valence-electron chi connectivity index (χ0n) is 11.3. The van der Waals surface area contributed by atoms with Gasteiger partial charge in [0.1, 0.15) is 0 Å². The number of carbonyl (C=O) groups excluding carboxylic acids is 1. The zero-order chi connectivity index (χ0) is 13.9. The van der Waals surface area contributed by atoms with E-state index in [4.69, 9.17) is 18.0 Å². The lowest BCUT2D eigenvalue weighted by Gasteiger charge is -2.19. The average molecular weight is 264 g/mol. The van der Waals surface area contributed by atoms with E-state index in [9.17, 15) is 4.79 Å². The van der Waals surface area contributed by atoms with Crippen molar-refractivity contribution in [2.45, 2.75) is 27.7 Å². The quantitative estimate of drug-likeness (QED) is 0.822. The highest BCUT2D eigenvalue weighted by Crippen LogP contribution is 2.18. The molecule has 0 aromatic heterocycles. The van der Waals surface area contributed by atoms with E-state index in [0.29, 0.717) is 0 Å². The number of hydrogen-bond acceptors (Lipinski definition) is 2. The Hall–Kier alpha value is -1.42. The van der Waals surface area contributed by atoms with Gasteiger partial charge < -0.3 is 11.1 Å². The number of carbonyl (C=O) groups is 1. The predicted octanol–water partition coefficient (Wildman–Crippen LogP) is 2.80. The summed E-state index contributed by atoms with van der Waals surface area (Å²) in [5, 5.41) is 2.87. The van der Waals surface area contributed by atoms with E-state index in [1.807, 2.05) is 45.9 Å². The summed E-state index contributed by atoms with van der Waals surface area (Å²) in [6.45, 7) is 7.92. The molecular formula is C14H20N2OS. The minimum Gasteiger partial charge on any atom is -0.393 e. The second kappa shape index (κ2) is 5.96. The van der Waals surface area contributed by atoms with Gasteiger partial charge in [-0.25, -0.2) is 0 Å². The molecule has 0 saturated carbocycles. The lowest BCUT2D eigenvalue weighted by atomic mass is 9.95. The van der Waals surface area contributed by atoms with Crippen LogP contribution < -0.4 is 11.1 Å². The maximum absolute atomic E-state index is 12.1. The number of anilines is 1. The van der Waals surface area contributed by atoms with E-state index in [2.05, 4.69) is 5.32 Å². The molecular weight excluding hydrogens is 244 g/mol. The number of nitrogens with one attached hydrogen (secondary N) is 1. The number of nitrogens with two attached hydrogens (primary N) is 1.